The number of hydrazone groups is 1. The molecule has 32 heavy (non-hydrogen) atoms. The molecule has 0 unspecified atom stereocenters. The number of aryl methyl sites for hydroxylation is 1. The summed E-state index contributed by atoms with van der Waals surface area (Å²) < 4.78 is 10.6. The molecule has 10 heteroatoms. The highest BCUT2D eigenvalue weighted by Crippen LogP contribution is 2.28. The van der Waals surface area contributed by atoms with Gasteiger partial charge in [-0.1, -0.05) is 0 Å². The van der Waals surface area contributed by atoms with Crippen LogP contribution in [0.25, 0.3) is 0 Å². The second kappa shape index (κ2) is 9.94. The summed E-state index contributed by atoms with van der Waals surface area (Å²) in [5.74, 6) is -0.686. The summed E-state index contributed by atoms with van der Waals surface area (Å²) in [6, 6.07) is 13.1. The van der Waals surface area contributed by atoms with E-state index in [2.05, 4.69) is 15.5 Å². The first-order chi connectivity index (χ1) is 15.4. The fraction of sp³-hybridized carbons (Fsp3) is 0.0909. The topological polar surface area (TPSA) is 133 Å². The Labute approximate surface area is 182 Å². The Balaban J connectivity index is 1.66. The van der Waals surface area contributed by atoms with Crippen LogP contribution in [0.3, 0.4) is 0 Å². The Morgan fingerprint density at radius 1 is 1.06 bits per heavy atom. The summed E-state index contributed by atoms with van der Waals surface area (Å²) in [4.78, 5) is 38.6. The second-order valence-electron chi connectivity index (χ2n) is 6.49. The number of rotatable bonds is 7. The Kier molecular flexibility index (Phi) is 6.86. The molecule has 10 nitrogen and oxygen atoms in total. The van der Waals surface area contributed by atoms with Crippen LogP contribution in [0.15, 0.2) is 65.9 Å². The van der Waals surface area contributed by atoms with E-state index in [0.717, 1.165) is 5.69 Å². The molecule has 162 valence electrons. The number of benzene rings is 2. The van der Waals surface area contributed by atoms with Crippen molar-refractivity contribution < 1.29 is 24.0 Å². The van der Waals surface area contributed by atoms with Gasteiger partial charge in [0, 0.05) is 24.0 Å². The SMILES string of the molecule is COc1cc(/C=N\NC(=O)c2ccc(C)nc2)ccc1OC(=O)c1ccc([N+](=O)[O-])cc1. The number of nitrogens with one attached hydrogen (secondary N) is 1. The van der Waals surface area contributed by atoms with Crippen molar-refractivity contribution >= 4 is 23.8 Å². The second-order valence-corrected chi connectivity index (χ2v) is 6.49. The predicted octanol–water partition coefficient (Wildman–Crippen LogP) is 3.29. The summed E-state index contributed by atoms with van der Waals surface area (Å²) in [5, 5.41) is 14.6. The Bertz CT molecular complexity index is 1170. The molecule has 1 N–H and O–H groups in total. The number of hydrogen-bond acceptors (Lipinski definition) is 8. The van der Waals surface area contributed by atoms with E-state index in [9.17, 15) is 19.7 Å². The van der Waals surface area contributed by atoms with Gasteiger partial charge in [0.25, 0.3) is 11.6 Å². The van der Waals surface area contributed by atoms with E-state index >= 15 is 0 Å². The third kappa shape index (κ3) is 5.51. The average molecular weight is 434 g/mol. The minimum Gasteiger partial charge on any atom is -0.493 e. The summed E-state index contributed by atoms with van der Waals surface area (Å²) in [6.45, 7) is 1.82. The molecule has 0 bridgehead atoms. The van der Waals surface area contributed by atoms with Crippen molar-refractivity contribution in [3.8, 4) is 11.5 Å². The molecule has 3 aromatic rings. The van der Waals surface area contributed by atoms with Gasteiger partial charge < -0.3 is 9.47 Å². The number of esters is 1. The van der Waals surface area contributed by atoms with E-state index in [1.165, 1.54) is 49.9 Å². The molecular formula is C22H18N4O6. The molecule has 2 aromatic carbocycles. The fourth-order valence-electron chi connectivity index (χ4n) is 2.56. The first-order valence-corrected chi connectivity index (χ1v) is 9.28. The van der Waals surface area contributed by atoms with Gasteiger partial charge in [-0.05, 0) is 55.0 Å². The molecule has 0 saturated carbocycles. The molecule has 0 aliphatic rings. The molecule has 0 fully saturated rings. The standard InChI is InChI=1S/C22H18N4O6/c1-14-3-5-17(13-23-14)21(27)25-24-12-15-4-10-19(20(11-15)31-2)32-22(28)16-6-8-18(9-7-16)26(29)30/h3-13H,1-2H3,(H,25,27)/b24-12-. The van der Waals surface area contributed by atoms with Gasteiger partial charge >= 0.3 is 5.97 Å². The minimum absolute atomic E-state index is 0.131. The van der Waals surface area contributed by atoms with Crippen molar-refractivity contribution in [3.05, 3.63) is 93.3 Å². The summed E-state index contributed by atoms with van der Waals surface area (Å²) in [6.07, 6.45) is 2.86. The molecule has 0 aliphatic carbocycles. The van der Waals surface area contributed by atoms with Crippen molar-refractivity contribution in [2.45, 2.75) is 6.92 Å². The molecule has 0 spiro atoms. The number of hydrogen-bond donors (Lipinski definition) is 1. The number of carbonyl (C=O) groups is 2. The average Bonchev–Trinajstić information content (AvgIpc) is 2.80. The lowest BCUT2D eigenvalue weighted by atomic mass is 10.2. The van der Waals surface area contributed by atoms with Gasteiger partial charge in [0.1, 0.15) is 0 Å². The quantitative estimate of drug-likeness (QED) is 0.198. The maximum atomic E-state index is 12.3. The van der Waals surface area contributed by atoms with Crippen LogP contribution in [0.1, 0.15) is 32.0 Å². The van der Waals surface area contributed by atoms with Gasteiger partial charge in [-0.25, -0.2) is 10.2 Å². The zero-order valence-electron chi connectivity index (χ0n) is 17.1. The number of nitro benzene ring substituents is 1. The van der Waals surface area contributed by atoms with Gasteiger partial charge in [-0.2, -0.15) is 5.10 Å². The van der Waals surface area contributed by atoms with Crippen LogP contribution in [0, 0.1) is 17.0 Å². The van der Waals surface area contributed by atoms with Crippen LogP contribution in [0.5, 0.6) is 11.5 Å². The number of methoxy groups -OCH3 is 1. The van der Waals surface area contributed by atoms with Crippen LogP contribution >= 0.6 is 0 Å². The smallest absolute Gasteiger partial charge is 0.343 e. The molecule has 0 saturated heterocycles. The van der Waals surface area contributed by atoms with Crippen molar-refractivity contribution in [3.63, 3.8) is 0 Å². The van der Waals surface area contributed by atoms with E-state index < -0.39 is 16.8 Å². The van der Waals surface area contributed by atoms with Crippen LogP contribution in [-0.4, -0.2) is 35.1 Å². The van der Waals surface area contributed by atoms with E-state index in [1.807, 2.05) is 6.92 Å². The number of non-ortho nitro benzene ring substituents is 1. The normalized spacial score (nSPS) is 10.6. The van der Waals surface area contributed by atoms with Crippen LogP contribution in [-0.2, 0) is 0 Å². The first-order valence-electron chi connectivity index (χ1n) is 9.28. The highest BCUT2D eigenvalue weighted by atomic mass is 16.6. The number of amides is 1. The minimum atomic E-state index is -0.696. The molecule has 1 aromatic heterocycles. The number of carbonyl (C=O) groups excluding carboxylic acids is 2. The first kappa shape index (κ1) is 22.1. The van der Waals surface area contributed by atoms with Crippen molar-refractivity contribution in [2.75, 3.05) is 7.11 Å². The summed E-state index contributed by atoms with van der Waals surface area (Å²) >= 11 is 0. The van der Waals surface area contributed by atoms with E-state index in [0.29, 0.717) is 11.1 Å². The molecule has 1 heterocycles. The Morgan fingerprint density at radius 3 is 2.41 bits per heavy atom. The monoisotopic (exact) mass is 434 g/mol. The van der Waals surface area contributed by atoms with Gasteiger partial charge in [-0.15, -0.1) is 0 Å². The van der Waals surface area contributed by atoms with Gasteiger partial charge in [-0.3, -0.25) is 19.9 Å². The maximum absolute atomic E-state index is 12.3. The highest BCUT2D eigenvalue weighted by molar-refractivity contribution is 5.95. The largest absolute Gasteiger partial charge is 0.493 e. The molecule has 0 atom stereocenters. The third-order valence-electron chi connectivity index (χ3n) is 4.26. The molecule has 1 amide bonds. The third-order valence-corrected chi connectivity index (χ3v) is 4.26. The lowest BCUT2D eigenvalue weighted by molar-refractivity contribution is -0.384. The van der Waals surface area contributed by atoms with Crippen molar-refractivity contribution in [2.24, 2.45) is 5.10 Å². The van der Waals surface area contributed by atoms with Crippen LogP contribution in [0.2, 0.25) is 0 Å². The van der Waals surface area contributed by atoms with Crippen LogP contribution in [0.4, 0.5) is 5.69 Å². The lowest BCUT2D eigenvalue weighted by Gasteiger charge is -2.10. The number of nitrogens with zero attached hydrogens (tertiary/aromatic N) is 3. The Morgan fingerprint density at radius 2 is 1.78 bits per heavy atom. The van der Waals surface area contributed by atoms with Gasteiger partial charge in [0.2, 0.25) is 0 Å². The Hall–Kier alpha value is -4.60. The molecule has 0 radical (unpaired) electrons. The van der Waals surface area contributed by atoms with E-state index in [-0.39, 0.29) is 22.7 Å². The van der Waals surface area contributed by atoms with E-state index in [4.69, 9.17) is 9.47 Å². The number of nitro groups is 1. The van der Waals surface area contributed by atoms with Gasteiger partial charge in [0.15, 0.2) is 11.5 Å². The number of aromatic nitrogens is 1. The molecular weight excluding hydrogens is 416 g/mol. The summed E-state index contributed by atoms with van der Waals surface area (Å²) in [7, 11) is 1.41. The van der Waals surface area contributed by atoms with Crippen molar-refractivity contribution in [1.82, 2.24) is 10.4 Å². The summed E-state index contributed by atoms with van der Waals surface area (Å²) in [5.41, 5.74) is 4.17. The zero-order chi connectivity index (χ0) is 23.1. The van der Waals surface area contributed by atoms with E-state index in [1.54, 1.807) is 24.3 Å². The lowest BCUT2D eigenvalue weighted by Crippen LogP contribution is -2.17. The predicted molar refractivity (Wildman–Crippen MR) is 115 cm³/mol. The van der Waals surface area contributed by atoms with Crippen molar-refractivity contribution in [1.29, 1.82) is 0 Å². The number of pyridine rings is 1. The zero-order valence-corrected chi connectivity index (χ0v) is 17.1. The fourth-order valence-corrected chi connectivity index (χ4v) is 2.56. The van der Waals surface area contributed by atoms with Crippen LogP contribution < -0.4 is 14.9 Å². The highest BCUT2D eigenvalue weighted by Gasteiger charge is 2.14. The van der Waals surface area contributed by atoms with Gasteiger partial charge in [0.05, 0.1) is 29.4 Å². The number of ether oxygens (including phenoxy) is 2. The molecule has 0 aliphatic heterocycles. The molecule has 3 rings (SSSR count). The maximum Gasteiger partial charge on any atom is 0.343 e.